The van der Waals surface area contributed by atoms with Gasteiger partial charge in [0, 0.05) is 25.7 Å². The molecule has 5 heteroatoms. The van der Waals surface area contributed by atoms with Crippen molar-refractivity contribution in [1.29, 1.82) is 0 Å². The molecule has 116 valence electrons. The summed E-state index contributed by atoms with van der Waals surface area (Å²) in [6, 6.07) is 6.04. The van der Waals surface area contributed by atoms with Crippen molar-refractivity contribution in [3.63, 3.8) is 0 Å². The molecule has 0 radical (unpaired) electrons. The minimum atomic E-state index is 0.169. The minimum absolute atomic E-state index is 0.169. The monoisotopic (exact) mass is 292 g/mol. The topological polar surface area (TPSA) is 42.0 Å². The predicted molar refractivity (Wildman–Crippen MR) is 81.9 cm³/mol. The number of hydrogen-bond acceptors (Lipinski definition) is 4. The number of benzene rings is 1. The van der Waals surface area contributed by atoms with E-state index in [1.54, 1.807) is 14.2 Å². The first-order valence-corrected chi connectivity index (χ1v) is 7.24. The summed E-state index contributed by atoms with van der Waals surface area (Å²) in [4.78, 5) is 16.6. The molecule has 0 N–H and O–H groups in total. The lowest BCUT2D eigenvalue weighted by molar-refractivity contribution is -0.133. The van der Waals surface area contributed by atoms with Gasteiger partial charge in [0.25, 0.3) is 0 Å². The van der Waals surface area contributed by atoms with E-state index < -0.39 is 0 Å². The molecular formula is C16H24N2O3. The van der Waals surface area contributed by atoms with Crippen LogP contribution in [-0.4, -0.2) is 62.7 Å². The molecule has 1 saturated heterocycles. The van der Waals surface area contributed by atoms with Crippen LogP contribution in [0.15, 0.2) is 18.2 Å². The lowest BCUT2D eigenvalue weighted by Crippen LogP contribution is -2.52. The van der Waals surface area contributed by atoms with Gasteiger partial charge < -0.3 is 19.3 Å². The molecule has 1 aromatic carbocycles. The number of amides is 1. The standard InChI is InChI=1S/C16H24N2O3/c1-12-11-18(8-7-17(12)2)16(19)10-13-5-6-14(20-3)15(9-13)21-4/h5-6,9,12H,7-8,10-11H2,1-4H3. The lowest BCUT2D eigenvalue weighted by Gasteiger charge is -2.37. The van der Waals surface area contributed by atoms with Crippen LogP contribution >= 0.6 is 0 Å². The normalized spacial score (nSPS) is 19.4. The van der Waals surface area contributed by atoms with Gasteiger partial charge in [-0.25, -0.2) is 0 Å². The average Bonchev–Trinajstić information content (AvgIpc) is 2.49. The van der Waals surface area contributed by atoms with Crippen LogP contribution in [0.5, 0.6) is 11.5 Å². The number of nitrogens with zero attached hydrogens (tertiary/aromatic N) is 2. The lowest BCUT2D eigenvalue weighted by atomic mass is 10.1. The SMILES string of the molecule is COc1ccc(CC(=O)N2CCN(C)C(C)C2)cc1OC. The second-order valence-electron chi connectivity index (χ2n) is 5.54. The van der Waals surface area contributed by atoms with E-state index in [0.717, 1.165) is 25.2 Å². The number of hydrogen-bond donors (Lipinski definition) is 0. The molecule has 1 aliphatic rings. The molecule has 0 aromatic heterocycles. The summed E-state index contributed by atoms with van der Waals surface area (Å²) in [5.74, 6) is 1.51. The van der Waals surface area contributed by atoms with Gasteiger partial charge in [-0.3, -0.25) is 4.79 Å². The van der Waals surface area contributed by atoms with Gasteiger partial charge in [0.2, 0.25) is 5.91 Å². The molecule has 21 heavy (non-hydrogen) atoms. The van der Waals surface area contributed by atoms with Crippen LogP contribution in [0.3, 0.4) is 0 Å². The zero-order valence-electron chi connectivity index (χ0n) is 13.3. The Morgan fingerprint density at radius 3 is 2.57 bits per heavy atom. The fourth-order valence-corrected chi connectivity index (χ4v) is 2.55. The smallest absolute Gasteiger partial charge is 0.227 e. The van der Waals surface area contributed by atoms with Crippen LogP contribution in [0.4, 0.5) is 0 Å². The summed E-state index contributed by atoms with van der Waals surface area (Å²) in [6.07, 6.45) is 0.400. The Hall–Kier alpha value is -1.75. The van der Waals surface area contributed by atoms with Crippen LogP contribution < -0.4 is 9.47 Å². The molecule has 1 atom stereocenters. The highest BCUT2D eigenvalue weighted by Crippen LogP contribution is 2.27. The maximum atomic E-state index is 12.4. The Labute approximate surface area is 126 Å². The van der Waals surface area contributed by atoms with Crippen molar-refractivity contribution in [2.75, 3.05) is 40.9 Å². The molecule has 2 rings (SSSR count). The molecule has 1 heterocycles. The van der Waals surface area contributed by atoms with Gasteiger partial charge in [-0.05, 0) is 31.7 Å². The Balaban J connectivity index is 2.02. The van der Waals surface area contributed by atoms with E-state index in [0.29, 0.717) is 24.0 Å². The van der Waals surface area contributed by atoms with Crippen molar-refractivity contribution in [3.05, 3.63) is 23.8 Å². The molecule has 0 spiro atoms. The van der Waals surface area contributed by atoms with Gasteiger partial charge in [0.15, 0.2) is 11.5 Å². The maximum Gasteiger partial charge on any atom is 0.227 e. The van der Waals surface area contributed by atoms with Crippen molar-refractivity contribution in [2.45, 2.75) is 19.4 Å². The van der Waals surface area contributed by atoms with Crippen LogP contribution in [0.25, 0.3) is 0 Å². The molecule has 1 aliphatic heterocycles. The van der Waals surface area contributed by atoms with Crippen LogP contribution in [0.2, 0.25) is 0 Å². The fourth-order valence-electron chi connectivity index (χ4n) is 2.55. The number of carbonyl (C=O) groups excluding carboxylic acids is 1. The molecule has 0 aliphatic carbocycles. The highest BCUT2D eigenvalue weighted by Gasteiger charge is 2.24. The fraction of sp³-hybridized carbons (Fsp3) is 0.562. The Kier molecular flexibility index (Phi) is 5.07. The summed E-state index contributed by atoms with van der Waals surface area (Å²) in [6.45, 7) is 4.67. The predicted octanol–water partition coefficient (Wildman–Crippen LogP) is 1.41. The van der Waals surface area contributed by atoms with E-state index in [9.17, 15) is 4.79 Å². The van der Waals surface area contributed by atoms with Gasteiger partial charge in [-0.1, -0.05) is 6.07 Å². The van der Waals surface area contributed by atoms with E-state index in [1.165, 1.54) is 0 Å². The second kappa shape index (κ2) is 6.80. The van der Waals surface area contributed by atoms with Gasteiger partial charge in [0.1, 0.15) is 0 Å². The Bertz CT molecular complexity index is 504. The highest BCUT2D eigenvalue weighted by molar-refractivity contribution is 5.79. The van der Waals surface area contributed by atoms with E-state index >= 15 is 0 Å². The van der Waals surface area contributed by atoms with Crippen LogP contribution in [-0.2, 0) is 11.2 Å². The summed E-state index contributed by atoms with van der Waals surface area (Å²) in [5, 5.41) is 0. The average molecular weight is 292 g/mol. The quantitative estimate of drug-likeness (QED) is 0.841. The first-order valence-electron chi connectivity index (χ1n) is 7.24. The first kappa shape index (κ1) is 15.6. The third-order valence-corrected chi connectivity index (χ3v) is 4.12. The largest absolute Gasteiger partial charge is 0.493 e. The van der Waals surface area contributed by atoms with E-state index in [1.807, 2.05) is 23.1 Å². The van der Waals surface area contributed by atoms with Gasteiger partial charge >= 0.3 is 0 Å². The number of piperazine rings is 1. The van der Waals surface area contributed by atoms with Crippen molar-refractivity contribution in [3.8, 4) is 11.5 Å². The number of ether oxygens (including phenoxy) is 2. The summed E-state index contributed by atoms with van der Waals surface area (Å²) in [5.41, 5.74) is 0.948. The number of methoxy groups -OCH3 is 2. The van der Waals surface area contributed by atoms with Crippen molar-refractivity contribution in [2.24, 2.45) is 0 Å². The molecule has 1 aromatic rings. The van der Waals surface area contributed by atoms with Crippen LogP contribution in [0, 0.1) is 0 Å². The summed E-state index contributed by atoms with van der Waals surface area (Å²) < 4.78 is 10.5. The summed E-state index contributed by atoms with van der Waals surface area (Å²) in [7, 11) is 5.31. The third kappa shape index (κ3) is 3.67. The Morgan fingerprint density at radius 1 is 1.24 bits per heavy atom. The van der Waals surface area contributed by atoms with Crippen LogP contribution in [0.1, 0.15) is 12.5 Å². The molecular weight excluding hydrogens is 268 g/mol. The zero-order valence-corrected chi connectivity index (χ0v) is 13.3. The molecule has 1 fully saturated rings. The first-order chi connectivity index (χ1) is 10.0. The second-order valence-corrected chi connectivity index (χ2v) is 5.54. The third-order valence-electron chi connectivity index (χ3n) is 4.12. The van der Waals surface area contributed by atoms with Crippen molar-refractivity contribution in [1.82, 2.24) is 9.80 Å². The maximum absolute atomic E-state index is 12.4. The summed E-state index contributed by atoms with van der Waals surface area (Å²) >= 11 is 0. The molecule has 1 amide bonds. The number of rotatable bonds is 4. The molecule has 5 nitrogen and oxygen atoms in total. The zero-order chi connectivity index (χ0) is 15.4. The van der Waals surface area contributed by atoms with Gasteiger partial charge in [0.05, 0.1) is 20.6 Å². The van der Waals surface area contributed by atoms with E-state index in [-0.39, 0.29) is 5.91 Å². The Morgan fingerprint density at radius 2 is 1.95 bits per heavy atom. The van der Waals surface area contributed by atoms with Gasteiger partial charge in [-0.15, -0.1) is 0 Å². The van der Waals surface area contributed by atoms with E-state index in [4.69, 9.17) is 9.47 Å². The van der Waals surface area contributed by atoms with Gasteiger partial charge in [-0.2, -0.15) is 0 Å². The molecule has 0 bridgehead atoms. The molecule has 1 unspecified atom stereocenters. The number of likely N-dealkylation sites (N-methyl/N-ethyl adjacent to an activating group) is 1. The minimum Gasteiger partial charge on any atom is -0.493 e. The van der Waals surface area contributed by atoms with E-state index in [2.05, 4.69) is 18.9 Å². The molecule has 0 saturated carbocycles. The van der Waals surface area contributed by atoms with Crippen molar-refractivity contribution >= 4 is 5.91 Å². The highest BCUT2D eigenvalue weighted by atomic mass is 16.5. The number of carbonyl (C=O) groups is 1. The van der Waals surface area contributed by atoms with Crippen molar-refractivity contribution < 1.29 is 14.3 Å².